The van der Waals surface area contributed by atoms with Gasteiger partial charge in [-0.15, -0.1) is 0 Å². The molecule has 3 rings (SSSR count). The van der Waals surface area contributed by atoms with Gasteiger partial charge >= 0.3 is 0 Å². The van der Waals surface area contributed by atoms with Gasteiger partial charge in [0.15, 0.2) is 0 Å². The smallest absolute Gasteiger partial charge is 0.239 e. The minimum Gasteiger partial charge on any atom is -0.496 e. The molecule has 5 nitrogen and oxygen atoms in total. The summed E-state index contributed by atoms with van der Waals surface area (Å²) in [5.74, 6) is 0.396. The van der Waals surface area contributed by atoms with Gasteiger partial charge in [0.05, 0.1) is 13.2 Å². The summed E-state index contributed by atoms with van der Waals surface area (Å²) in [5.41, 5.74) is 8.01. The molecule has 0 aliphatic carbocycles. The van der Waals surface area contributed by atoms with Crippen molar-refractivity contribution in [2.45, 2.75) is 19.0 Å². The van der Waals surface area contributed by atoms with Gasteiger partial charge in [0.2, 0.25) is 5.91 Å². The van der Waals surface area contributed by atoms with Crippen molar-refractivity contribution in [2.75, 3.05) is 33.3 Å². The van der Waals surface area contributed by atoms with Gasteiger partial charge in [-0.3, -0.25) is 9.69 Å². The Morgan fingerprint density at radius 3 is 2.52 bits per heavy atom. The number of piperazine rings is 1. The number of halogens is 1. The molecule has 1 aliphatic rings. The third kappa shape index (κ3) is 5.05. The van der Waals surface area contributed by atoms with Crippen LogP contribution in [0.1, 0.15) is 11.1 Å². The molecule has 1 aliphatic heterocycles. The number of nitrogens with zero attached hydrogens (tertiary/aromatic N) is 2. The molecule has 2 N–H and O–H groups in total. The average molecular weight is 371 g/mol. The summed E-state index contributed by atoms with van der Waals surface area (Å²) in [6, 6.07) is 13.8. The minimum atomic E-state index is -0.526. The minimum absolute atomic E-state index is 0.0122. The lowest BCUT2D eigenvalue weighted by atomic mass is 10.1. The highest BCUT2D eigenvalue weighted by Crippen LogP contribution is 2.21. The van der Waals surface area contributed by atoms with Crippen LogP contribution in [0.25, 0.3) is 0 Å². The monoisotopic (exact) mass is 371 g/mol. The first-order valence-corrected chi connectivity index (χ1v) is 9.20. The molecular formula is C21H26FN3O2. The number of hydrogen-bond acceptors (Lipinski definition) is 4. The number of ether oxygens (including phenoxy) is 1. The summed E-state index contributed by atoms with van der Waals surface area (Å²) >= 11 is 0. The number of carbonyl (C=O) groups excluding carboxylic acids is 1. The Bertz CT molecular complexity index is 761. The first-order valence-electron chi connectivity index (χ1n) is 9.20. The van der Waals surface area contributed by atoms with E-state index in [4.69, 9.17) is 10.5 Å². The molecule has 144 valence electrons. The number of nitrogens with two attached hydrogens (primary N) is 1. The van der Waals surface area contributed by atoms with Crippen LogP contribution in [-0.2, 0) is 17.8 Å². The van der Waals surface area contributed by atoms with E-state index in [0.717, 1.165) is 24.2 Å². The lowest BCUT2D eigenvalue weighted by Gasteiger charge is -2.36. The van der Waals surface area contributed by atoms with E-state index in [1.165, 1.54) is 12.1 Å². The molecule has 2 aromatic rings. The quantitative estimate of drug-likeness (QED) is 0.844. The van der Waals surface area contributed by atoms with Crippen LogP contribution >= 0.6 is 0 Å². The Hall–Kier alpha value is -2.44. The molecule has 1 fully saturated rings. The summed E-state index contributed by atoms with van der Waals surface area (Å²) < 4.78 is 18.8. The van der Waals surface area contributed by atoms with Crippen LogP contribution in [0.15, 0.2) is 48.5 Å². The molecule has 1 amide bonds. The number of benzene rings is 2. The maximum absolute atomic E-state index is 13.5. The van der Waals surface area contributed by atoms with E-state index in [9.17, 15) is 9.18 Å². The molecule has 6 heteroatoms. The van der Waals surface area contributed by atoms with Crippen molar-refractivity contribution in [3.05, 3.63) is 65.5 Å². The van der Waals surface area contributed by atoms with Gasteiger partial charge < -0.3 is 15.4 Å². The summed E-state index contributed by atoms with van der Waals surface area (Å²) in [7, 11) is 1.58. The van der Waals surface area contributed by atoms with E-state index >= 15 is 0 Å². The van der Waals surface area contributed by atoms with Crippen molar-refractivity contribution in [1.82, 2.24) is 9.80 Å². The van der Waals surface area contributed by atoms with Gasteiger partial charge in [-0.25, -0.2) is 4.39 Å². The van der Waals surface area contributed by atoms with Crippen molar-refractivity contribution < 1.29 is 13.9 Å². The Balaban J connectivity index is 1.52. The van der Waals surface area contributed by atoms with Gasteiger partial charge in [-0.2, -0.15) is 0 Å². The first kappa shape index (κ1) is 19.3. The van der Waals surface area contributed by atoms with Gasteiger partial charge in [-0.1, -0.05) is 30.3 Å². The number of hydrogen-bond donors (Lipinski definition) is 1. The second-order valence-corrected chi connectivity index (χ2v) is 6.85. The van der Waals surface area contributed by atoms with E-state index in [-0.39, 0.29) is 11.7 Å². The molecular weight excluding hydrogens is 345 g/mol. The van der Waals surface area contributed by atoms with Crippen LogP contribution in [0, 0.1) is 5.82 Å². The van der Waals surface area contributed by atoms with E-state index < -0.39 is 6.04 Å². The Labute approximate surface area is 159 Å². The topological polar surface area (TPSA) is 58.8 Å². The molecule has 0 radical (unpaired) electrons. The van der Waals surface area contributed by atoms with Crippen molar-refractivity contribution in [3.63, 3.8) is 0 Å². The van der Waals surface area contributed by atoms with Gasteiger partial charge in [0.25, 0.3) is 0 Å². The number of carbonyl (C=O) groups is 1. The average Bonchev–Trinajstić information content (AvgIpc) is 2.69. The largest absolute Gasteiger partial charge is 0.496 e. The molecule has 1 atom stereocenters. The van der Waals surface area contributed by atoms with Crippen molar-refractivity contribution in [3.8, 4) is 5.75 Å². The van der Waals surface area contributed by atoms with E-state index in [0.29, 0.717) is 31.8 Å². The number of methoxy groups -OCH3 is 1. The van der Waals surface area contributed by atoms with Crippen LogP contribution in [0.4, 0.5) is 4.39 Å². The lowest BCUT2D eigenvalue weighted by molar-refractivity contribution is -0.134. The summed E-state index contributed by atoms with van der Waals surface area (Å²) in [6.07, 6.45) is 0.542. The zero-order valence-corrected chi connectivity index (χ0v) is 15.6. The highest BCUT2D eigenvalue weighted by Gasteiger charge is 2.25. The van der Waals surface area contributed by atoms with Crippen molar-refractivity contribution in [2.24, 2.45) is 5.73 Å². The highest BCUT2D eigenvalue weighted by molar-refractivity contribution is 5.82. The second-order valence-electron chi connectivity index (χ2n) is 6.85. The molecule has 0 aromatic heterocycles. The molecule has 1 unspecified atom stereocenters. The molecule has 0 saturated carbocycles. The summed E-state index contributed by atoms with van der Waals surface area (Å²) in [6.45, 7) is 3.30. The predicted molar refractivity (Wildman–Crippen MR) is 103 cm³/mol. The SMILES string of the molecule is COc1ccc(F)cc1CN1CCN(C(=O)C(N)Cc2ccccc2)CC1. The standard InChI is InChI=1S/C21H26FN3O2/c1-27-20-8-7-18(22)14-17(20)15-24-9-11-25(12-10-24)21(26)19(23)13-16-5-3-2-4-6-16/h2-8,14,19H,9-13,15,23H2,1H3. The summed E-state index contributed by atoms with van der Waals surface area (Å²) in [4.78, 5) is 16.6. The zero-order valence-electron chi connectivity index (χ0n) is 15.6. The number of amides is 1. The van der Waals surface area contributed by atoms with E-state index in [1.807, 2.05) is 35.2 Å². The van der Waals surface area contributed by atoms with Gasteiger partial charge in [-0.05, 0) is 30.2 Å². The normalized spacial score (nSPS) is 16.2. The van der Waals surface area contributed by atoms with Crippen molar-refractivity contribution in [1.29, 1.82) is 0 Å². The lowest BCUT2D eigenvalue weighted by Crippen LogP contribution is -2.53. The van der Waals surface area contributed by atoms with Crippen LogP contribution in [0.2, 0.25) is 0 Å². The Kier molecular flexibility index (Phi) is 6.42. The van der Waals surface area contributed by atoms with E-state index in [1.54, 1.807) is 13.2 Å². The molecule has 1 heterocycles. The Morgan fingerprint density at radius 1 is 1.15 bits per heavy atom. The maximum atomic E-state index is 13.5. The molecule has 27 heavy (non-hydrogen) atoms. The molecule has 0 spiro atoms. The molecule has 0 bridgehead atoms. The summed E-state index contributed by atoms with van der Waals surface area (Å²) in [5, 5.41) is 0. The predicted octanol–water partition coefficient (Wildman–Crippen LogP) is 2.05. The van der Waals surface area contributed by atoms with Crippen LogP contribution in [-0.4, -0.2) is 55.0 Å². The third-order valence-electron chi connectivity index (χ3n) is 4.94. The van der Waals surface area contributed by atoms with Crippen LogP contribution in [0.5, 0.6) is 5.75 Å². The fourth-order valence-electron chi connectivity index (χ4n) is 3.43. The fraction of sp³-hybridized carbons (Fsp3) is 0.381. The van der Waals surface area contributed by atoms with Crippen LogP contribution in [0.3, 0.4) is 0 Å². The third-order valence-corrected chi connectivity index (χ3v) is 4.94. The highest BCUT2D eigenvalue weighted by atomic mass is 19.1. The zero-order chi connectivity index (χ0) is 19.2. The van der Waals surface area contributed by atoms with Gasteiger partial charge in [0, 0.05) is 38.3 Å². The molecule has 1 saturated heterocycles. The van der Waals surface area contributed by atoms with E-state index in [2.05, 4.69) is 4.90 Å². The van der Waals surface area contributed by atoms with Crippen molar-refractivity contribution >= 4 is 5.91 Å². The maximum Gasteiger partial charge on any atom is 0.239 e. The second kappa shape index (κ2) is 8.97. The number of rotatable bonds is 6. The molecule has 2 aromatic carbocycles. The Morgan fingerprint density at radius 2 is 1.85 bits per heavy atom. The van der Waals surface area contributed by atoms with Gasteiger partial charge in [0.1, 0.15) is 11.6 Å². The fourth-order valence-corrected chi connectivity index (χ4v) is 3.43. The first-order chi connectivity index (χ1) is 13.1. The van der Waals surface area contributed by atoms with Crippen LogP contribution < -0.4 is 10.5 Å².